The van der Waals surface area contributed by atoms with Crippen molar-refractivity contribution in [2.75, 3.05) is 36.0 Å². The Morgan fingerprint density at radius 3 is 1.41 bits per heavy atom. The Hall–Kier alpha value is 0.789. The second kappa shape index (κ2) is 14.7. The van der Waals surface area contributed by atoms with Crippen LogP contribution in [0.15, 0.2) is 24.3 Å². The van der Waals surface area contributed by atoms with Gasteiger partial charge >= 0.3 is 17.1 Å². The summed E-state index contributed by atoms with van der Waals surface area (Å²) in [5.74, 6) is 4.87. The van der Waals surface area contributed by atoms with Crippen molar-refractivity contribution in [2.24, 2.45) is 0 Å². The van der Waals surface area contributed by atoms with E-state index < -0.39 is 0 Å². The number of rotatable bonds is 8. The molecule has 0 atom stereocenters. The van der Waals surface area contributed by atoms with E-state index in [1.165, 1.54) is 34.3 Å². The SMILES string of the molecule is CSCC(CSC)(CSC)c1ccc([C]2[CH][CH][CH][CH]2)cc1.[CH]1[CH][CH][CH][CH]1.[Fe+2]. The molecule has 4 heteroatoms. The van der Waals surface area contributed by atoms with E-state index >= 15 is 0 Å². The molecule has 0 spiro atoms. The van der Waals surface area contributed by atoms with Gasteiger partial charge in [-0.15, -0.1) is 0 Å². The smallest absolute Gasteiger partial charge is 0.164 e. The van der Waals surface area contributed by atoms with Crippen LogP contribution in [0.25, 0.3) is 0 Å². The Kier molecular flexibility index (Phi) is 14.1. The number of benzene rings is 1. The standard InChI is InChI=1S/C18H23S3.C5H5.Fe/c1-19-12-18(13-20-2,14-21-3)17-10-8-16(9-11-17)15-6-4-5-7-15;1-2-4-5-3-1;/h4-11H,12-14H2,1-3H3;1-5H;/q;;+2. The molecule has 10 radical (unpaired) electrons. The molecule has 0 bridgehead atoms. The Bertz CT molecular complexity index is 454. The summed E-state index contributed by atoms with van der Waals surface area (Å²) in [5.41, 5.74) is 3.08. The van der Waals surface area contributed by atoms with Crippen LogP contribution in [0.4, 0.5) is 0 Å². The molecule has 27 heavy (non-hydrogen) atoms. The van der Waals surface area contributed by atoms with Gasteiger partial charge in [0.2, 0.25) is 0 Å². The van der Waals surface area contributed by atoms with E-state index in [4.69, 9.17) is 0 Å². The molecule has 2 aliphatic rings. The summed E-state index contributed by atoms with van der Waals surface area (Å²) in [4.78, 5) is 0. The molecule has 0 aliphatic heterocycles. The van der Waals surface area contributed by atoms with Gasteiger partial charge in [-0.05, 0) is 87.7 Å². The van der Waals surface area contributed by atoms with Crippen molar-refractivity contribution >= 4 is 35.3 Å². The zero-order chi connectivity index (χ0) is 18.7. The molecule has 0 nitrogen and oxygen atoms in total. The quantitative estimate of drug-likeness (QED) is 0.455. The Balaban J connectivity index is 0.000000526. The van der Waals surface area contributed by atoms with Gasteiger partial charge in [-0.25, -0.2) is 0 Å². The molecular formula is C23H28FeS3+2. The minimum Gasteiger partial charge on any atom is -0.164 e. The summed E-state index contributed by atoms with van der Waals surface area (Å²) in [7, 11) is 0. The second-order valence-corrected chi connectivity index (χ2v) is 8.89. The first-order chi connectivity index (χ1) is 12.8. The molecule has 0 unspecified atom stereocenters. The normalized spacial score (nSPS) is 17.3. The van der Waals surface area contributed by atoms with E-state index in [-0.39, 0.29) is 22.5 Å². The van der Waals surface area contributed by atoms with Crippen LogP contribution in [0, 0.1) is 63.7 Å². The van der Waals surface area contributed by atoms with E-state index in [2.05, 4.69) is 68.7 Å². The fraction of sp³-hybridized carbons (Fsp3) is 0.304. The van der Waals surface area contributed by atoms with Crippen LogP contribution in [0.5, 0.6) is 0 Å². The summed E-state index contributed by atoms with van der Waals surface area (Å²) < 4.78 is 0. The third kappa shape index (κ3) is 8.21. The van der Waals surface area contributed by atoms with Gasteiger partial charge in [-0.3, -0.25) is 0 Å². The Morgan fingerprint density at radius 1 is 0.630 bits per heavy atom. The first-order valence-corrected chi connectivity index (χ1v) is 12.9. The molecule has 0 N–H and O–H groups in total. The fourth-order valence-electron chi connectivity index (χ4n) is 3.11. The van der Waals surface area contributed by atoms with Gasteiger partial charge in [0.1, 0.15) is 0 Å². The first kappa shape index (κ1) is 25.8. The second-order valence-electron chi connectivity index (χ2n) is 6.29. The maximum atomic E-state index is 2.34. The van der Waals surface area contributed by atoms with E-state index in [1.807, 2.05) is 67.4 Å². The van der Waals surface area contributed by atoms with Gasteiger partial charge in [0.25, 0.3) is 0 Å². The van der Waals surface area contributed by atoms with Crippen LogP contribution < -0.4 is 0 Å². The van der Waals surface area contributed by atoms with Gasteiger partial charge in [0.05, 0.1) is 0 Å². The van der Waals surface area contributed by atoms with Gasteiger partial charge in [-0.2, -0.15) is 35.3 Å². The molecule has 2 fully saturated rings. The van der Waals surface area contributed by atoms with Crippen molar-refractivity contribution in [3.8, 4) is 0 Å². The minimum absolute atomic E-state index is 0. The molecule has 3 rings (SSSR count). The largest absolute Gasteiger partial charge is 2.00 e. The molecule has 0 aromatic heterocycles. The number of hydrogen-bond donors (Lipinski definition) is 0. The summed E-state index contributed by atoms with van der Waals surface area (Å²) in [6.45, 7) is 0. The van der Waals surface area contributed by atoms with Gasteiger partial charge < -0.3 is 0 Å². The van der Waals surface area contributed by atoms with E-state index in [9.17, 15) is 0 Å². The maximum Gasteiger partial charge on any atom is 2.00 e. The van der Waals surface area contributed by atoms with Gasteiger partial charge in [-0.1, -0.05) is 24.3 Å². The Morgan fingerprint density at radius 2 is 1.04 bits per heavy atom. The van der Waals surface area contributed by atoms with E-state index in [0.29, 0.717) is 0 Å². The van der Waals surface area contributed by atoms with E-state index in [1.54, 1.807) is 0 Å². The molecule has 2 aliphatic carbocycles. The average Bonchev–Trinajstić information content (AvgIpc) is 3.39. The minimum atomic E-state index is 0. The number of hydrogen-bond acceptors (Lipinski definition) is 3. The van der Waals surface area contributed by atoms with E-state index in [0.717, 1.165) is 0 Å². The molecule has 0 saturated heterocycles. The molecule has 1 aromatic carbocycles. The summed E-state index contributed by atoms with van der Waals surface area (Å²) in [5, 5.41) is 0. The van der Waals surface area contributed by atoms with Crippen LogP contribution in [-0.2, 0) is 22.5 Å². The van der Waals surface area contributed by atoms with Crippen molar-refractivity contribution in [3.05, 3.63) is 99.1 Å². The predicted octanol–water partition coefficient (Wildman–Crippen LogP) is 5.79. The third-order valence-corrected chi connectivity index (χ3v) is 6.83. The third-order valence-electron chi connectivity index (χ3n) is 4.31. The van der Waals surface area contributed by atoms with Crippen molar-refractivity contribution in [1.29, 1.82) is 0 Å². The van der Waals surface area contributed by atoms with Crippen LogP contribution >= 0.6 is 35.3 Å². The van der Waals surface area contributed by atoms with Crippen LogP contribution in [0.3, 0.4) is 0 Å². The van der Waals surface area contributed by atoms with Crippen molar-refractivity contribution < 1.29 is 17.1 Å². The molecular weight excluding hydrogens is 428 g/mol. The summed E-state index contributed by atoms with van der Waals surface area (Å²) in [6.07, 6.45) is 25.2. The van der Waals surface area contributed by atoms with Crippen molar-refractivity contribution in [3.63, 3.8) is 0 Å². The van der Waals surface area contributed by atoms with Crippen LogP contribution in [-0.4, -0.2) is 36.0 Å². The predicted molar refractivity (Wildman–Crippen MR) is 124 cm³/mol. The molecule has 1 aromatic rings. The topological polar surface area (TPSA) is 0 Å². The zero-order valence-corrected chi connectivity index (χ0v) is 19.8. The van der Waals surface area contributed by atoms with Gasteiger partial charge in [0.15, 0.2) is 0 Å². The molecule has 2 saturated carbocycles. The van der Waals surface area contributed by atoms with Crippen LogP contribution in [0.2, 0.25) is 0 Å². The monoisotopic (exact) mass is 456 g/mol. The molecule has 0 heterocycles. The number of thioether (sulfide) groups is 3. The first-order valence-electron chi connectivity index (χ1n) is 8.72. The maximum absolute atomic E-state index is 2.34. The summed E-state index contributed by atoms with van der Waals surface area (Å²) >= 11 is 5.88. The summed E-state index contributed by atoms with van der Waals surface area (Å²) in [6, 6.07) is 9.23. The zero-order valence-electron chi connectivity index (χ0n) is 16.2. The Labute approximate surface area is 192 Å². The van der Waals surface area contributed by atoms with Crippen molar-refractivity contribution in [1.82, 2.24) is 0 Å². The molecule has 144 valence electrons. The average molecular weight is 457 g/mol. The van der Waals surface area contributed by atoms with Gasteiger partial charge in [0, 0.05) is 28.6 Å². The fourth-order valence-corrected chi connectivity index (χ4v) is 6.27. The molecule has 0 amide bonds. The van der Waals surface area contributed by atoms with Crippen LogP contribution in [0.1, 0.15) is 11.1 Å². The van der Waals surface area contributed by atoms with Crippen molar-refractivity contribution in [2.45, 2.75) is 5.41 Å².